The van der Waals surface area contributed by atoms with Crippen LogP contribution in [0.15, 0.2) is 62.8 Å². The van der Waals surface area contributed by atoms with Crippen LogP contribution in [0.2, 0.25) is 0 Å². The summed E-state index contributed by atoms with van der Waals surface area (Å²) in [5.41, 5.74) is 0.695. The Bertz CT molecular complexity index is 1340. The van der Waals surface area contributed by atoms with Crippen molar-refractivity contribution >= 4 is 17.1 Å². The molecular formula is C22H22N4O5. The summed E-state index contributed by atoms with van der Waals surface area (Å²) in [5.74, 6) is 1.11. The molecule has 0 aliphatic rings. The fourth-order valence-electron chi connectivity index (χ4n) is 3.39. The van der Waals surface area contributed by atoms with E-state index in [0.717, 1.165) is 15.9 Å². The van der Waals surface area contributed by atoms with Gasteiger partial charge in [0.05, 0.1) is 19.3 Å². The summed E-state index contributed by atoms with van der Waals surface area (Å²) in [6, 6.07) is 13.5. The molecule has 0 saturated heterocycles. The lowest BCUT2D eigenvalue weighted by Crippen LogP contribution is -2.37. The molecule has 0 aliphatic carbocycles. The number of aryl methyl sites for hydroxylation is 2. The maximum Gasteiger partial charge on any atom is 0.332 e. The Morgan fingerprint density at radius 3 is 2.61 bits per heavy atom. The highest BCUT2D eigenvalue weighted by Gasteiger charge is 2.14. The Kier molecular flexibility index (Phi) is 5.57. The first-order chi connectivity index (χ1) is 15.0. The van der Waals surface area contributed by atoms with E-state index in [2.05, 4.69) is 4.98 Å². The van der Waals surface area contributed by atoms with Gasteiger partial charge in [-0.15, -0.1) is 0 Å². The summed E-state index contributed by atoms with van der Waals surface area (Å²) in [7, 11) is 2.97. The van der Waals surface area contributed by atoms with Gasteiger partial charge in [-0.2, -0.15) is 0 Å². The zero-order valence-corrected chi connectivity index (χ0v) is 17.3. The molecule has 4 aromatic rings. The molecule has 0 aliphatic heterocycles. The second-order valence-corrected chi connectivity index (χ2v) is 7.17. The molecular weight excluding hydrogens is 400 g/mol. The predicted octanol–water partition coefficient (Wildman–Crippen LogP) is 1.87. The van der Waals surface area contributed by atoms with Crippen LogP contribution in [0.3, 0.4) is 0 Å². The van der Waals surface area contributed by atoms with E-state index in [9.17, 15) is 14.4 Å². The maximum absolute atomic E-state index is 12.4. The SMILES string of the molecule is Cn1c(=O)c2c(ncn2CCOC(=O)CCc2ccc(-c3ccccc3)o2)n(C)c1=O. The van der Waals surface area contributed by atoms with E-state index in [1.807, 2.05) is 42.5 Å². The highest BCUT2D eigenvalue weighted by Crippen LogP contribution is 2.22. The normalized spacial score (nSPS) is 11.2. The van der Waals surface area contributed by atoms with E-state index in [0.29, 0.717) is 23.3 Å². The number of esters is 1. The molecule has 9 nitrogen and oxygen atoms in total. The number of aromatic nitrogens is 4. The summed E-state index contributed by atoms with van der Waals surface area (Å²) in [6.07, 6.45) is 2.08. The van der Waals surface area contributed by atoms with Crippen LogP contribution < -0.4 is 11.2 Å². The Hall–Kier alpha value is -3.88. The van der Waals surface area contributed by atoms with E-state index in [1.165, 1.54) is 17.9 Å². The van der Waals surface area contributed by atoms with Crippen LogP contribution in [0.1, 0.15) is 12.2 Å². The van der Waals surface area contributed by atoms with E-state index in [4.69, 9.17) is 9.15 Å². The van der Waals surface area contributed by atoms with Crippen molar-refractivity contribution in [2.24, 2.45) is 14.1 Å². The summed E-state index contributed by atoms with van der Waals surface area (Å²) < 4.78 is 15.0. The Balaban J connectivity index is 1.33. The first-order valence-electron chi connectivity index (χ1n) is 9.86. The molecule has 1 aromatic carbocycles. The van der Waals surface area contributed by atoms with Gasteiger partial charge in [0.1, 0.15) is 18.1 Å². The minimum atomic E-state index is -0.442. The molecule has 0 N–H and O–H groups in total. The molecule has 0 radical (unpaired) electrons. The molecule has 0 bridgehead atoms. The quantitative estimate of drug-likeness (QED) is 0.422. The summed E-state index contributed by atoms with van der Waals surface area (Å²) >= 11 is 0. The van der Waals surface area contributed by atoms with Crippen molar-refractivity contribution in [3.8, 4) is 11.3 Å². The molecule has 9 heteroatoms. The van der Waals surface area contributed by atoms with Crippen molar-refractivity contribution in [1.82, 2.24) is 18.7 Å². The van der Waals surface area contributed by atoms with E-state index < -0.39 is 11.2 Å². The maximum atomic E-state index is 12.4. The van der Waals surface area contributed by atoms with Gasteiger partial charge in [0.15, 0.2) is 11.2 Å². The average molecular weight is 422 g/mol. The van der Waals surface area contributed by atoms with Crippen LogP contribution in [0.25, 0.3) is 22.5 Å². The molecule has 0 saturated carbocycles. The Morgan fingerprint density at radius 1 is 1.06 bits per heavy atom. The number of carbonyl (C=O) groups excluding carboxylic acids is 1. The smallest absolute Gasteiger partial charge is 0.332 e. The number of fused-ring (bicyclic) bond motifs is 1. The van der Waals surface area contributed by atoms with Gasteiger partial charge in [0, 0.05) is 26.1 Å². The van der Waals surface area contributed by atoms with E-state index in [-0.39, 0.29) is 25.5 Å². The molecule has 4 rings (SSSR count). The number of benzene rings is 1. The van der Waals surface area contributed by atoms with Crippen LogP contribution >= 0.6 is 0 Å². The second kappa shape index (κ2) is 8.47. The third kappa shape index (κ3) is 4.07. The van der Waals surface area contributed by atoms with Crippen LogP contribution in [-0.4, -0.2) is 31.3 Å². The van der Waals surface area contributed by atoms with Crippen molar-refractivity contribution in [3.63, 3.8) is 0 Å². The first-order valence-corrected chi connectivity index (χ1v) is 9.86. The van der Waals surface area contributed by atoms with Crippen LogP contribution in [0.5, 0.6) is 0 Å². The van der Waals surface area contributed by atoms with Crippen LogP contribution in [0, 0.1) is 0 Å². The number of nitrogens with zero attached hydrogens (tertiary/aromatic N) is 4. The summed E-state index contributed by atoms with van der Waals surface area (Å²) in [6.45, 7) is 0.346. The topological polar surface area (TPSA) is 101 Å². The number of ether oxygens (including phenoxy) is 1. The number of furan rings is 1. The lowest BCUT2D eigenvalue weighted by atomic mass is 10.2. The fourth-order valence-corrected chi connectivity index (χ4v) is 3.39. The third-order valence-electron chi connectivity index (χ3n) is 5.11. The molecule has 31 heavy (non-hydrogen) atoms. The Labute approximate surface area is 177 Å². The molecule has 0 fully saturated rings. The predicted molar refractivity (Wildman–Crippen MR) is 114 cm³/mol. The van der Waals surface area contributed by atoms with Crippen molar-refractivity contribution in [2.75, 3.05) is 6.61 Å². The standard InChI is InChI=1S/C22H22N4O5/c1-24-20-19(21(28)25(2)22(24)29)26(14-23-20)12-13-30-18(27)11-9-16-8-10-17(31-16)15-6-4-3-5-7-15/h3-8,10,14H,9,11-13H2,1-2H3. The van der Waals surface area contributed by atoms with Crippen molar-refractivity contribution in [3.05, 3.63) is 75.4 Å². The third-order valence-corrected chi connectivity index (χ3v) is 5.11. The fraction of sp³-hybridized carbons (Fsp3) is 0.273. The molecule has 0 atom stereocenters. The lowest BCUT2D eigenvalue weighted by Gasteiger charge is -2.07. The molecule has 160 valence electrons. The van der Waals surface area contributed by atoms with Gasteiger partial charge < -0.3 is 13.7 Å². The number of carbonyl (C=O) groups is 1. The van der Waals surface area contributed by atoms with E-state index in [1.54, 1.807) is 11.6 Å². The molecule has 3 heterocycles. The molecule has 0 amide bonds. The minimum Gasteiger partial charge on any atom is -0.464 e. The zero-order chi connectivity index (χ0) is 22.0. The van der Waals surface area contributed by atoms with Crippen molar-refractivity contribution in [2.45, 2.75) is 19.4 Å². The monoisotopic (exact) mass is 422 g/mol. The van der Waals surface area contributed by atoms with Crippen molar-refractivity contribution in [1.29, 1.82) is 0 Å². The molecule has 0 unspecified atom stereocenters. The highest BCUT2D eigenvalue weighted by molar-refractivity contribution is 5.70. The van der Waals surface area contributed by atoms with Gasteiger partial charge in [-0.25, -0.2) is 9.78 Å². The number of hydrogen-bond donors (Lipinski definition) is 0. The first kappa shape index (κ1) is 20.4. The van der Waals surface area contributed by atoms with Gasteiger partial charge in [-0.05, 0) is 12.1 Å². The average Bonchev–Trinajstić information content (AvgIpc) is 3.43. The summed E-state index contributed by atoms with van der Waals surface area (Å²) in [4.78, 5) is 40.6. The van der Waals surface area contributed by atoms with Gasteiger partial charge in [-0.3, -0.25) is 18.7 Å². The number of hydrogen-bond acceptors (Lipinski definition) is 6. The van der Waals surface area contributed by atoms with E-state index >= 15 is 0 Å². The minimum absolute atomic E-state index is 0.0870. The van der Waals surface area contributed by atoms with Crippen molar-refractivity contribution < 1.29 is 13.9 Å². The Morgan fingerprint density at radius 2 is 1.84 bits per heavy atom. The second-order valence-electron chi connectivity index (χ2n) is 7.17. The molecule has 3 aromatic heterocycles. The van der Waals surface area contributed by atoms with Gasteiger partial charge >= 0.3 is 11.7 Å². The molecule has 0 spiro atoms. The number of rotatable bonds is 7. The largest absolute Gasteiger partial charge is 0.464 e. The van der Waals surface area contributed by atoms with Gasteiger partial charge in [0.25, 0.3) is 5.56 Å². The number of imidazole rings is 1. The van der Waals surface area contributed by atoms with Gasteiger partial charge in [-0.1, -0.05) is 30.3 Å². The highest BCUT2D eigenvalue weighted by atomic mass is 16.5. The lowest BCUT2D eigenvalue weighted by molar-refractivity contribution is -0.143. The summed E-state index contributed by atoms with van der Waals surface area (Å²) in [5, 5.41) is 0. The van der Waals surface area contributed by atoms with Crippen LogP contribution in [0.4, 0.5) is 0 Å². The van der Waals surface area contributed by atoms with Crippen LogP contribution in [-0.2, 0) is 36.6 Å². The zero-order valence-electron chi connectivity index (χ0n) is 17.3. The van der Waals surface area contributed by atoms with Gasteiger partial charge in [0.2, 0.25) is 0 Å².